The van der Waals surface area contributed by atoms with Gasteiger partial charge in [-0.1, -0.05) is 0 Å². The van der Waals surface area contributed by atoms with Crippen molar-refractivity contribution >= 4 is 5.97 Å². The fourth-order valence-corrected chi connectivity index (χ4v) is 0.659. The third-order valence-corrected chi connectivity index (χ3v) is 1.22. The Bertz CT molecular complexity index is 288. The molecule has 1 heterocycles. The predicted octanol–water partition coefficient (Wildman–Crippen LogP) is 0.248. The number of hydrogen-bond donors (Lipinski definition) is 1. The van der Waals surface area contributed by atoms with Crippen molar-refractivity contribution in [1.82, 2.24) is 9.97 Å². The second kappa shape index (κ2) is 3.66. The number of rotatable bonds is 3. The van der Waals surface area contributed by atoms with Crippen LogP contribution >= 0.6 is 0 Å². The molecule has 0 aliphatic carbocycles. The Morgan fingerprint density at radius 2 is 2.50 bits per heavy atom. The Labute approximate surface area is 69.0 Å². The Hall–Kier alpha value is -1.65. The quantitative estimate of drug-likeness (QED) is 0.700. The normalized spacial score (nSPS) is 9.42. The van der Waals surface area contributed by atoms with Crippen molar-refractivity contribution in [1.29, 1.82) is 0 Å². The summed E-state index contributed by atoms with van der Waals surface area (Å²) in [5.74, 6) is -0.613. The van der Waals surface area contributed by atoms with Gasteiger partial charge < -0.3 is 9.84 Å². The van der Waals surface area contributed by atoms with Crippen molar-refractivity contribution in [3.05, 3.63) is 18.2 Å². The van der Waals surface area contributed by atoms with Crippen molar-refractivity contribution in [3.8, 4) is 5.75 Å². The van der Waals surface area contributed by atoms with E-state index in [1.165, 1.54) is 12.5 Å². The van der Waals surface area contributed by atoms with E-state index in [1.807, 2.05) is 0 Å². The van der Waals surface area contributed by atoms with Gasteiger partial charge in [0, 0.05) is 0 Å². The highest BCUT2D eigenvalue weighted by Crippen LogP contribution is 2.10. The van der Waals surface area contributed by atoms with Crippen LogP contribution in [0.2, 0.25) is 0 Å². The van der Waals surface area contributed by atoms with Gasteiger partial charge in [0.15, 0.2) is 12.4 Å². The van der Waals surface area contributed by atoms with Crippen LogP contribution < -0.4 is 4.74 Å². The molecule has 0 aliphatic heterocycles. The van der Waals surface area contributed by atoms with Gasteiger partial charge in [-0.15, -0.1) is 0 Å². The third-order valence-electron chi connectivity index (χ3n) is 1.22. The molecular formula is C7H8N2O3. The first-order valence-corrected chi connectivity index (χ1v) is 3.31. The van der Waals surface area contributed by atoms with E-state index in [0.29, 0.717) is 11.4 Å². The fourth-order valence-electron chi connectivity index (χ4n) is 0.659. The standard InChI is InChI=1S/C7H8N2O3/c1-5-6(2-8-4-9-5)12-3-7(10)11/h2,4H,3H2,1H3,(H,10,11). The minimum atomic E-state index is -1.02. The molecule has 1 rings (SSSR count). The molecule has 5 nitrogen and oxygen atoms in total. The lowest BCUT2D eigenvalue weighted by Gasteiger charge is -2.03. The molecule has 64 valence electrons. The summed E-state index contributed by atoms with van der Waals surface area (Å²) in [4.78, 5) is 17.6. The van der Waals surface area contributed by atoms with Gasteiger partial charge in [-0.25, -0.2) is 14.8 Å². The van der Waals surface area contributed by atoms with Gasteiger partial charge >= 0.3 is 5.97 Å². The molecule has 0 amide bonds. The highest BCUT2D eigenvalue weighted by molar-refractivity contribution is 5.68. The van der Waals surface area contributed by atoms with Crippen molar-refractivity contribution in [3.63, 3.8) is 0 Å². The molecule has 0 aliphatic rings. The van der Waals surface area contributed by atoms with Crippen molar-refractivity contribution < 1.29 is 14.6 Å². The average molecular weight is 168 g/mol. The van der Waals surface area contributed by atoms with Gasteiger partial charge in [-0.05, 0) is 6.92 Å². The summed E-state index contributed by atoms with van der Waals surface area (Å²) in [6, 6.07) is 0. The molecule has 1 aromatic heterocycles. The lowest BCUT2D eigenvalue weighted by atomic mass is 10.4. The van der Waals surface area contributed by atoms with Gasteiger partial charge in [0.25, 0.3) is 0 Å². The Balaban J connectivity index is 2.63. The molecule has 0 fully saturated rings. The summed E-state index contributed by atoms with van der Waals surface area (Å²) in [6.45, 7) is 1.35. The summed E-state index contributed by atoms with van der Waals surface area (Å²) >= 11 is 0. The SMILES string of the molecule is Cc1ncncc1OCC(=O)O. The van der Waals surface area contributed by atoms with Gasteiger partial charge in [0.05, 0.1) is 11.9 Å². The van der Waals surface area contributed by atoms with E-state index >= 15 is 0 Å². The van der Waals surface area contributed by atoms with Crippen LogP contribution in [0.5, 0.6) is 5.75 Å². The molecule has 0 bridgehead atoms. The van der Waals surface area contributed by atoms with Crippen LogP contribution in [0.1, 0.15) is 5.69 Å². The largest absolute Gasteiger partial charge is 0.479 e. The molecule has 0 saturated carbocycles. The van der Waals surface area contributed by atoms with E-state index in [0.717, 1.165) is 0 Å². The van der Waals surface area contributed by atoms with Gasteiger partial charge in [0.2, 0.25) is 0 Å². The maximum absolute atomic E-state index is 10.1. The first kappa shape index (κ1) is 8.45. The summed E-state index contributed by atoms with van der Waals surface area (Å²) in [7, 11) is 0. The van der Waals surface area contributed by atoms with Gasteiger partial charge in [0.1, 0.15) is 6.33 Å². The predicted molar refractivity (Wildman–Crippen MR) is 39.9 cm³/mol. The minimum Gasteiger partial charge on any atom is -0.479 e. The number of nitrogens with zero attached hydrogens (tertiary/aromatic N) is 2. The Morgan fingerprint density at radius 1 is 1.75 bits per heavy atom. The molecule has 0 saturated heterocycles. The van der Waals surface area contributed by atoms with Crippen LogP contribution in [-0.2, 0) is 4.79 Å². The minimum absolute atomic E-state index is 0.367. The number of aromatic nitrogens is 2. The number of carbonyl (C=O) groups is 1. The molecule has 1 aromatic rings. The highest BCUT2D eigenvalue weighted by Gasteiger charge is 2.02. The molecule has 5 heteroatoms. The van der Waals surface area contributed by atoms with Crippen LogP contribution in [0.15, 0.2) is 12.5 Å². The third kappa shape index (κ3) is 2.19. The van der Waals surface area contributed by atoms with E-state index < -0.39 is 5.97 Å². The highest BCUT2D eigenvalue weighted by atomic mass is 16.5. The lowest BCUT2D eigenvalue weighted by Crippen LogP contribution is -2.10. The number of aliphatic carboxylic acids is 1. The number of carboxylic acid groups (broad SMARTS) is 1. The number of carboxylic acids is 1. The van der Waals surface area contributed by atoms with E-state index in [9.17, 15) is 4.79 Å². The fraction of sp³-hybridized carbons (Fsp3) is 0.286. The number of aryl methyl sites for hydroxylation is 1. The molecule has 0 atom stereocenters. The second-order valence-electron chi connectivity index (χ2n) is 2.15. The molecule has 0 unspecified atom stereocenters. The summed E-state index contributed by atoms with van der Waals surface area (Å²) in [5.41, 5.74) is 0.631. The van der Waals surface area contributed by atoms with Crippen molar-refractivity contribution in [2.24, 2.45) is 0 Å². The zero-order valence-corrected chi connectivity index (χ0v) is 6.52. The molecule has 0 aromatic carbocycles. The smallest absolute Gasteiger partial charge is 0.341 e. The summed E-state index contributed by atoms with van der Waals surface area (Å²) in [6.07, 6.45) is 2.81. The average Bonchev–Trinajstić information content (AvgIpc) is 2.03. The van der Waals surface area contributed by atoms with E-state index in [4.69, 9.17) is 9.84 Å². The first-order chi connectivity index (χ1) is 5.70. The van der Waals surface area contributed by atoms with E-state index in [1.54, 1.807) is 6.92 Å². The Kier molecular flexibility index (Phi) is 2.57. The van der Waals surface area contributed by atoms with Crippen LogP contribution in [0, 0.1) is 6.92 Å². The molecule has 0 radical (unpaired) electrons. The molecular weight excluding hydrogens is 160 g/mol. The lowest BCUT2D eigenvalue weighted by molar-refractivity contribution is -0.139. The van der Waals surface area contributed by atoms with Crippen molar-refractivity contribution in [2.45, 2.75) is 6.92 Å². The molecule has 0 spiro atoms. The summed E-state index contributed by atoms with van der Waals surface area (Å²) < 4.78 is 4.87. The van der Waals surface area contributed by atoms with Crippen LogP contribution in [0.25, 0.3) is 0 Å². The second-order valence-corrected chi connectivity index (χ2v) is 2.15. The molecule has 12 heavy (non-hydrogen) atoms. The zero-order valence-electron chi connectivity index (χ0n) is 6.52. The van der Waals surface area contributed by atoms with Crippen LogP contribution in [0.4, 0.5) is 0 Å². The number of hydrogen-bond acceptors (Lipinski definition) is 4. The van der Waals surface area contributed by atoms with Gasteiger partial charge in [-0.3, -0.25) is 0 Å². The van der Waals surface area contributed by atoms with Crippen LogP contribution in [-0.4, -0.2) is 27.7 Å². The topological polar surface area (TPSA) is 72.3 Å². The zero-order chi connectivity index (χ0) is 8.97. The van der Waals surface area contributed by atoms with Crippen LogP contribution in [0.3, 0.4) is 0 Å². The van der Waals surface area contributed by atoms with Gasteiger partial charge in [-0.2, -0.15) is 0 Å². The van der Waals surface area contributed by atoms with E-state index in [-0.39, 0.29) is 6.61 Å². The maximum atomic E-state index is 10.1. The maximum Gasteiger partial charge on any atom is 0.341 e. The van der Waals surface area contributed by atoms with Crippen molar-refractivity contribution in [2.75, 3.05) is 6.61 Å². The Morgan fingerprint density at radius 3 is 3.08 bits per heavy atom. The monoisotopic (exact) mass is 168 g/mol. The molecule has 1 N–H and O–H groups in total. The first-order valence-electron chi connectivity index (χ1n) is 3.31. The summed E-state index contributed by atoms with van der Waals surface area (Å²) in [5, 5.41) is 8.30. The van der Waals surface area contributed by atoms with E-state index in [2.05, 4.69) is 9.97 Å². The number of ether oxygens (including phenoxy) is 1.